The van der Waals surface area contributed by atoms with Gasteiger partial charge in [-0.3, -0.25) is 0 Å². The largest absolute Gasteiger partial charge is 0.338 e. The van der Waals surface area contributed by atoms with Crippen molar-refractivity contribution in [1.82, 2.24) is 10.1 Å². The lowest BCUT2D eigenvalue weighted by molar-refractivity contribution is -0.0103. The summed E-state index contributed by atoms with van der Waals surface area (Å²) in [4.78, 5) is 4.51. The Morgan fingerprint density at radius 3 is 2.18 bits per heavy atom. The van der Waals surface area contributed by atoms with Crippen LogP contribution in [-0.2, 0) is 11.3 Å². The Morgan fingerprint density at radius 1 is 1.12 bits per heavy atom. The van der Waals surface area contributed by atoms with E-state index < -0.39 is 0 Å². The summed E-state index contributed by atoms with van der Waals surface area (Å²) in [6, 6.07) is 0. The van der Waals surface area contributed by atoms with Gasteiger partial charge in [0, 0.05) is 5.41 Å². The zero-order chi connectivity index (χ0) is 11.5. The molecular formula is C13H17ClN2O. The Labute approximate surface area is 106 Å². The quantitative estimate of drug-likeness (QED) is 0.759. The van der Waals surface area contributed by atoms with E-state index in [4.69, 9.17) is 16.1 Å². The molecule has 0 saturated heterocycles. The van der Waals surface area contributed by atoms with Crippen LogP contribution in [0, 0.1) is 17.8 Å². The molecule has 0 amide bonds. The van der Waals surface area contributed by atoms with Crippen LogP contribution in [0.15, 0.2) is 4.52 Å². The SMILES string of the molecule is ClCc1nc(C23CC4CC(CC(C4)C2)C3)no1. The summed E-state index contributed by atoms with van der Waals surface area (Å²) in [6.07, 6.45) is 8.17. The van der Waals surface area contributed by atoms with Crippen LogP contribution in [0.5, 0.6) is 0 Å². The third kappa shape index (κ3) is 1.48. The molecule has 0 radical (unpaired) electrons. The van der Waals surface area contributed by atoms with Gasteiger partial charge in [0.25, 0.3) is 0 Å². The molecule has 0 spiro atoms. The van der Waals surface area contributed by atoms with E-state index in [-0.39, 0.29) is 5.41 Å². The number of halogens is 1. The minimum Gasteiger partial charge on any atom is -0.338 e. The second-order valence-corrected chi connectivity index (χ2v) is 6.61. The van der Waals surface area contributed by atoms with E-state index in [1.54, 1.807) is 0 Å². The summed E-state index contributed by atoms with van der Waals surface area (Å²) >= 11 is 5.75. The van der Waals surface area contributed by atoms with E-state index in [2.05, 4.69) is 10.1 Å². The zero-order valence-electron chi connectivity index (χ0n) is 9.86. The summed E-state index contributed by atoms with van der Waals surface area (Å²) in [6.45, 7) is 0. The fraction of sp³-hybridized carbons (Fsp3) is 0.846. The molecule has 4 aliphatic carbocycles. The lowest BCUT2D eigenvalue weighted by Crippen LogP contribution is -2.49. The molecule has 0 unspecified atom stereocenters. The first-order chi connectivity index (χ1) is 8.27. The highest BCUT2D eigenvalue weighted by Crippen LogP contribution is 2.60. The first-order valence-corrected chi connectivity index (χ1v) is 7.20. The first kappa shape index (κ1) is 10.4. The van der Waals surface area contributed by atoms with Crippen molar-refractivity contribution < 1.29 is 4.52 Å². The number of hydrogen-bond acceptors (Lipinski definition) is 3. The predicted octanol–water partition coefficient (Wildman–Crippen LogP) is 3.28. The van der Waals surface area contributed by atoms with Gasteiger partial charge in [-0.25, -0.2) is 0 Å². The van der Waals surface area contributed by atoms with Crippen molar-refractivity contribution in [2.45, 2.75) is 49.8 Å². The second kappa shape index (κ2) is 3.47. The van der Waals surface area contributed by atoms with E-state index >= 15 is 0 Å². The summed E-state index contributed by atoms with van der Waals surface area (Å²) < 4.78 is 5.21. The van der Waals surface area contributed by atoms with Gasteiger partial charge in [0.2, 0.25) is 5.89 Å². The van der Waals surface area contributed by atoms with Crippen molar-refractivity contribution in [2.75, 3.05) is 0 Å². The maximum Gasteiger partial charge on any atom is 0.241 e. The van der Waals surface area contributed by atoms with Crippen LogP contribution in [0.4, 0.5) is 0 Å². The molecule has 0 aromatic carbocycles. The molecule has 17 heavy (non-hydrogen) atoms. The topological polar surface area (TPSA) is 38.9 Å². The van der Waals surface area contributed by atoms with Gasteiger partial charge in [0.15, 0.2) is 5.82 Å². The number of rotatable bonds is 2. The molecule has 0 aliphatic heterocycles. The average Bonchev–Trinajstić information content (AvgIpc) is 2.76. The van der Waals surface area contributed by atoms with Gasteiger partial charge in [-0.1, -0.05) is 5.16 Å². The monoisotopic (exact) mass is 252 g/mol. The fourth-order valence-corrected chi connectivity index (χ4v) is 5.02. The Hall–Kier alpha value is -0.570. The van der Waals surface area contributed by atoms with E-state index in [1.165, 1.54) is 38.5 Å². The van der Waals surface area contributed by atoms with Gasteiger partial charge < -0.3 is 4.52 Å². The molecule has 4 saturated carbocycles. The molecule has 5 rings (SSSR count). The molecule has 3 nitrogen and oxygen atoms in total. The molecule has 1 heterocycles. The van der Waals surface area contributed by atoms with Crippen molar-refractivity contribution in [3.63, 3.8) is 0 Å². The van der Waals surface area contributed by atoms with Gasteiger partial charge in [-0.15, -0.1) is 11.6 Å². The number of hydrogen-bond donors (Lipinski definition) is 0. The summed E-state index contributed by atoms with van der Waals surface area (Å²) in [5.74, 6) is 4.61. The Kier molecular flexibility index (Phi) is 2.11. The van der Waals surface area contributed by atoms with Crippen molar-refractivity contribution in [3.8, 4) is 0 Å². The molecule has 4 heteroatoms. The number of alkyl halides is 1. The van der Waals surface area contributed by atoms with Gasteiger partial charge in [-0.05, 0) is 56.3 Å². The van der Waals surface area contributed by atoms with Crippen LogP contribution in [0.2, 0.25) is 0 Å². The number of aromatic nitrogens is 2. The van der Waals surface area contributed by atoms with Crippen LogP contribution in [0.25, 0.3) is 0 Å². The van der Waals surface area contributed by atoms with Crippen LogP contribution in [-0.4, -0.2) is 10.1 Å². The normalized spacial score (nSPS) is 43.2. The minimum absolute atomic E-state index is 0.239. The molecule has 4 aliphatic rings. The van der Waals surface area contributed by atoms with Crippen LogP contribution in [0.1, 0.15) is 50.2 Å². The van der Waals surface area contributed by atoms with Gasteiger partial charge in [0.05, 0.1) is 0 Å². The summed E-state index contributed by atoms with van der Waals surface area (Å²) in [5.41, 5.74) is 0.239. The van der Waals surface area contributed by atoms with Crippen molar-refractivity contribution in [1.29, 1.82) is 0 Å². The van der Waals surface area contributed by atoms with E-state index in [0.717, 1.165) is 23.6 Å². The molecule has 4 fully saturated rings. The second-order valence-electron chi connectivity index (χ2n) is 6.34. The molecule has 0 atom stereocenters. The van der Waals surface area contributed by atoms with E-state index in [0.29, 0.717) is 11.8 Å². The molecular weight excluding hydrogens is 236 g/mol. The zero-order valence-corrected chi connectivity index (χ0v) is 10.6. The average molecular weight is 253 g/mol. The maximum absolute atomic E-state index is 5.75. The van der Waals surface area contributed by atoms with Crippen LogP contribution < -0.4 is 0 Å². The molecule has 1 aromatic heterocycles. The predicted molar refractivity (Wildman–Crippen MR) is 63.7 cm³/mol. The molecule has 1 aromatic rings. The maximum atomic E-state index is 5.75. The lowest BCUT2D eigenvalue weighted by Gasteiger charge is -2.55. The Bertz CT molecular complexity index is 407. The van der Waals surface area contributed by atoms with Gasteiger partial charge in [-0.2, -0.15) is 4.98 Å². The van der Waals surface area contributed by atoms with Crippen molar-refractivity contribution in [2.24, 2.45) is 17.8 Å². The Balaban J connectivity index is 1.72. The first-order valence-electron chi connectivity index (χ1n) is 6.66. The van der Waals surface area contributed by atoms with Crippen molar-refractivity contribution >= 4 is 11.6 Å². The third-order valence-electron chi connectivity index (χ3n) is 5.09. The lowest BCUT2D eigenvalue weighted by atomic mass is 9.49. The highest BCUT2D eigenvalue weighted by Gasteiger charge is 2.53. The van der Waals surface area contributed by atoms with E-state index in [9.17, 15) is 0 Å². The molecule has 92 valence electrons. The minimum atomic E-state index is 0.239. The Morgan fingerprint density at radius 2 is 1.71 bits per heavy atom. The van der Waals surface area contributed by atoms with Crippen molar-refractivity contribution in [3.05, 3.63) is 11.7 Å². The fourth-order valence-electron chi connectivity index (χ4n) is 4.91. The summed E-state index contributed by atoms with van der Waals surface area (Å²) in [7, 11) is 0. The summed E-state index contributed by atoms with van der Waals surface area (Å²) in [5, 5.41) is 4.21. The van der Waals surface area contributed by atoms with Crippen LogP contribution >= 0.6 is 11.6 Å². The highest BCUT2D eigenvalue weighted by atomic mass is 35.5. The molecule has 4 bridgehead atoms. The van der Waals surface area contributed by atoms with Crippen LogP contribution in [0.3, 0.4) is 0 Å². The smallest absolute Gasteiger partial charge is 0.241 e. The third-order valence-corrected chi connectivity index (χ3v) is 5.32. The van der Waals surface area contributed by atoms with Gasteiger partial charge >= 0.3 is 0 Å². The standard InChI is InChI=1S/C13H17ClN2O/c14-7-11-15-12(16-17-11)13-4-8-1-9(5-13)3-10(2-8)6-13/h8-10H,1-7H2. The number of nitrogens with zero attached hydrogens (tertiary/aromatic N) is 2. The van der Waals surface area contributed by atoms with Gasteiger partial charge in [0.1, 0.15) is 5.88 Å². The molecule has 0 N–H and O–H groups in total. The van der Waals surface area contributed by atoms with E-state index in [1.807, 2.05) is 0 Å². The highest BCUT2D eigenvalue weighted by molar-refractivity contribution is 6.16.